The molecular formula is C15H31N3O2. The first-order valence-corrected chi connectivity index (χ1v) is 7.51. The van der Waals surface area contributed by atoms with Crippen LogP contribution in [0.2, 0.25) is 0 Å². The van der Waals surface area contributed by atoms with E-state index < -0.39 is 5.54 Å². The zero-order valence-corrected chi connectivity index (χ0v) is 13.7. The molecule has 2 N–H and O–H groups in total. The topological polar surface area (TPSA) is 58.8 Å². The Bertz CT molecular complexity index is 316. The third-order valence-electron chi connectivity index (χ3n) is 4.14. The van der Waals surface area contributed by atoms with Crippen molar-refractivity contribution in [2.75, 3.05) is 39.8 Å². The summed E-state index contributed by atoms with van der Waals surface area (Å²) in [6.07, 6.45) is 1.59. The van der Waals surface area contributed by atoms with Gasteiger partial charge < -0.3 is 15.4 Å². The van der Waals surface area contributed by atoms with Gasteiger partial charge in [0.05, 0.1) is 7.11 Å². The first-order valence-electron chi connectivity index (χ1n) is 7.51. The lowest BCUT2D eigenvalue weighted by Gasteiger charge is -2.42. The minimum absolute atomic E-state index is 0.257. The van der Waals surface area contributed by atoms with E-state index in [9.17, 15) is 4.79 Å². The predicted molar refractivity (Wildman–Crippen MR) is 81.6 cm³/mol. The Hall–Kier alpha value is -0.650. The fourth-order valence-corrected chi connectivity index (χ4v) is 2.65. The van der Waals surface area contributed by atoms with Crippen molar-refractivity contribution in [2.24, 2.45) is 5.73 Å². The number of nitrogens with two attached hydrogens (primary N) is 1. The highest BCUT2D eigenvalue weighted by Crippen LogP contribution is 2.17. The molecular weight excluding hydrogens is 254 g/mol. The molecule has 0 aliphatic carbocycles. The minimum Gasteiger partial charge on any atom is -0.468 e. The van der Waals surface area contributed by atoms with Crippen LogP contribution >= 0.6 is 0 Å². The maximum absolute atomic E-state index is 11.5. The summed E-state index contributed by atoms with van der Waals surface area (Å²) in [7, 11) is 1.39. The molecule has 1 unspecified atom stereocenters. The van der Waals surface area contributed by atoms with Gasteiger partial charge in [-0.3, -0.25) is 9.69 Å². The molecule has 118 valence electrons. The molecule has 1 rings (SSSR count). The number of ether oxygens (including phenoxy) is 1. The van der Waals surface area contributed by atoms with Crippen LogP contribution in [0.4, 0.5) is 0 Å². The summed E-state index contributed by atoms with van der Waals surface area (Å²) < 4.78 is 4.72. The highest BCUT2D eigenvalue weighted by Gasteiger charge is 2.30. The van der Waals surface area contributed by atoms with Crippen molar-refractivity contribution in [1.82, 2.24) is 9.80 Å². The highest BCUT2D eigenvalue weighted by atomic mass is 16.5. The number of rotatable bonds is 5. The van der Waals surface area contributed by atoms with Crippen molar-refractivity contribution in [3.05, 3.63) is 0 Å². The Labute approximate surface area is 123 Å². The van der Waals surface area contributed by atoms with Gasteiger partial charge in [0.25, 0.3) is 0 Å². The summed E-state index contributed by atoms with van der Waals surface area (Å²) in [5.74, 6) is -0.324. The maximum Gasteiger partial charge on any atom is 0.325 e. The minimum atomic E-state index is -0.859. The van der Waals surface area contributed by atoms with Crippen LogP contribution in [0.15, 0.2) is 0 Å². The molecule has 5 nitrogen and oxygen atoms in total. The zero-order valence-electron chi connectivity index (χ0n) is 13.7. The Morgan fingerprint density at radius 3 is 2.15 bits per heavy atom. The number of methoxy groups -OCH3 is 1. The van der Waals surface area contributed by atoms with Gasteiger partial charge in [-0.05, 0) is 47.1 Å². The fraction of sp³-hybridized carbons (Fsp3) is 0.933. The van der Waals surface area contributed by atoms with E-state index in [1.54, 1.807) is 6.92 Å². The third kappa shape index (κ3) is 5.04. The summed E-state index contributed by atoms with van der Waals surface area (Å²) in [6.45, 7) is 13.9. The number of hydrogen-bond acceptors (Lipinski definition) is 5. The Morgan fingerprint density at radius 1 is 1.15 bits per heavy atom. The van der Waals surface area contributed by atoms with Gasteiger partial charge in [0.2, 0.25) is 0 Å². The predicted octanol–water partition coefficient (Wildman–Crippen LogP) is 1.07. The number of esters is 1. The molecule has 0 saturated carbocycles. The Kier molecular flexibility index (Phi) is 5.98. The summed E-state index contributed by atoms with van der Waals surface area (Å²) in [5, 5.41) is 0. The van der Waals surface area contributed by atoms with E-state index in [0.29, 0.717) is 6.42 Å². The molecule has 0 aromatic carbocycles. The van der Waals surface area contributed by atoms with Crippen molar-refractivity contribution in [3.63, 3.8) is 0 Å². The molecule has 0 radical (unpaired) electrons. The van der Waals surface area contributed by atoms with Crippen LogP contribution in [0, 0.1) is 0 Å². The van der Waals surface area contributed by atoms with E-state index in [1.165, 1.54) is 7.11 Å². The van der Waals surface area contributed by atoms with Gasteiger partial charge in [-0.25, -0.2) is 0 Å². The molecule has 0 aromatic heterocycles. The second-order valence-electron chi connectivity index (χ2n) is 7.01. The standard InChI is InChI=1S/C15H31N3O2/c1-14(2,3)18-11-9-17(10-12-18)8-6-7-15(4,16)13(19)20-5/h6-12,16H2,1-5H3. The lowest BCUT2D eigenvalue weighted by Crippen LogP contribution is -2.53. The van der Waals surface area contributed by atoms with Gasteiger partial charge >= 0.3 is 5.97 Å². The highest BCUT2D eigenvalue weighted by molar-refractivity contribution is 5.79. The van der Waals surface area contributed by atoms with Crippen LogP contribution in [0.25, 0.3) is 0 Å². The van der Waals surface area contributed by atoms with Crippen LogP contribution in [0.3, 0.4) is 0 Å². The Balaban J connectivity index is 2.27. The van der Waals surface area contributed by atoms with Crippen molar-refractivity contribution >= 4 is 5.97 Å². The normalized spacial score (nSPS) is 21.5. The van der Waals surface area contributed by atoms with Crippen molar-refractivity contribution in [1.29, 1.82) is 0 Å². The average molecular weight is 285 g/mol. The van der Waals surface area contributed by atoms with E-state index in [1.807, 2.05) is 0 Å². The van der Waals surface area contributed by atoms with E-state index in [2.05, 4.69) is 30.6 Å². The van der Waals surface area contributed by atoms with E-state index in [4.69, 9.17) is 10.5 Å². The number of piperazine rings is 1. The molecule has 0 amide bonds. The Morgan fingerprint density at radius 2 is 1.70 bits per heavy atom. The van der Waals surface area contributed by atoms with Crippen LogP contribution in [0.1, 0.15) is 40.5 Å². The van der Waals surface area contributed by atoms with Crippen LogP contribution in [0.5, 0.6) is 0 Å². The first-order chi connectivity index (χ1) is 9.16. The van der Waals surface area contributed by atoms with Crippen molar-refractivity contribution < 1.29 is 9.53 Å². The second kappa shape index (κ2) is 6.87. The van der Waals surface area contributed by atoms with E-state index in [0.717, 1.165) is 39.1 Å². The van der Waals surface area contributed by atoms with Crippen LogP contribution in [-0.2, 0) is 9.53 Å². The molecule has 0 aromatic rings. The first kappa shape index (κ1) is 17.4. The number of carbonyl (C=O) groups excluding carboxylic acids is 1. The van der Waals surface area contributed by atoms with Crippen LogP contribution < -0.4 is 5.73 Å². The molecule has 1 heterocycles. The van der Waals surface area contributed by atoms with Crippen molar-refractivity contribution in [3.8, 4) is 0 Å². The molecule has 1 saturated heterocycles. The maximum atomic E-state index is 11.5. The molecule has 1 atom stereocenters. The summed E-state index contributed by atoms with van der Waals surface area (Å²) in [6, 6.07) is 0. The fourth-order valence-electron chi connectivity index (χ4n) is 2.65. The molecule has 5 heteroatoms. The van der Waals surface area contributed by atoms with Gasteiger partial charge in [0, 0.05) is 31.7 Å². The molecule has 1 aliphatic rings. The number of hydrogen-bond donors (Lipinski definition) is 1. The lowest BCUT2D eigenvalue weighted by molar-refractivity contribution is -0.146. The van der Waals surface area contributed by atoms with E-state index >= 15 is 0 Å². The van der Waals surface area contributed by atoms with Gasteiger partial charge in [-0.15, -0.1) is 0 Å². The number of carbonyl (C=O) groups is 1. The monoisotopic (exact) mass is 285 g/mol. The largest absolute Gasteiger partial charge is 0.468 e. The molecule has 1 aliphatic heterocycles. The lowest BCUT2D eigenvalue weighted by atomic mass is 9.97. The molecule has 0 bridgehead atoms. The van der Waals surface area contributed by atoms with Crippen LogP contribution in [-0.4, -0.2) is 66.7 Å². The quantitative estimate of drug-likeness (QED) is 0.766. The van der Waals surface area contributed by atoms with E-state index in [-0.39, 0.29) is 11.5 Å². The molecule has 0 spiro atoms. The van der Waals surface area contributed by atoms with Crippen molar-refractivity contribution in [2.45, 2.75) is 51.6 Å². The summed E-state index contributed by atoms with van der Waals surface area (Å²) in [5.41, 5.74) is 5.36. The smallest absolute Gasteiger partial charge is 0.325 e. The zero-order chi connectivity index (χ0) is 15.4. The molecule has 1 fully saturated rings. The third-order valence-corrected chi connectivity index (χ3v) is 4.14. The average Bonchev–Trinajstić information content (AvgIpc) is 2.37. The van der Waals surface area contributed by atoms with Gasteiger partial charge in [-0.1, -0.05) is 0 Å². The second-order valence-corrected chi connectivity index (χ2v) is 7.01. The summed E-state index contributed by atoms with van der Waals surface area (Å²) in [4.78, 5) is 16.5. The summed E-state index contributed by atoms with van der Waals surface area (Å²) >= 11 is 0. The number of nitrogens with zero attached hydrogens (tertiary/aromatic N) is 2. The SMILES string of the molecule is COC(=O)C(C)(N)CCCN1CCN(C(C)(C)C)CC1. The van der Waals surface area contributed by atoms with Gasteiger partial charge in [-0.2, -0.15) is 0 Å². The van der Waals surface area contributed by atoms with Gasteiger partial charge in [0.15, 0.2) is 0 Å². The van der Waals surface area contributed by atoms with Gasteiger partial charge in [0.1, 0.15) is 5.54 Å². The molecule has 20 heavy (non-hydrogen) atoms.